The number of hydrogen-bond acceptors (Lipinski definition) is 4. The minimum absolute atomic E-state index is 0.0816. The zero-order chi connectivity index (χ0) is 14.8. The van der Waals surface area contributed by atoms with Crippen molar-refractivity contribution >= 4 is 17.7 Å². The van der Waals surface area contributed by atoms with Crippen LogP contribution in [0.3, 0.4) is 0 Å². The molecule has 1 aromatic carbocycles. The summed E-state index contributed by atoms with van der Waals surface area (Å²) in [6.07, 6.45) is 1.64. The number of benzene rings is 1. The number of nitrogens with zero attached hydrogens (tertiary/aromatic N) is 1. The lowest BCUT2D eigenvalue weighted by atomic mass is 10.1. The van der Waals surface area contributed by atoms with Gasteiger partial charge in [0.2, 0.25) is 0 Å². The molecule has 0 spiro atoms. The zero-order valence-electron chi connectivity index (χ0n) is 12.1. The second kappa shape index (κ2) is 6.36. The monoisotopic (exact) mass is 309 g/mol. The van der Waals surface area contributed by atoms with Crippen molar-refractivity contribution in [2.75, 3.05) is 32.8 Å². The molecule has 0 aromatic heterocycles. The molecule has 2 heterocycles. The van der Waals surface area contributed by atoms with Gasteiger partial charge < -0.3 is 14.6 Å². The molecule has 0 aliphatic carbocycles. The van der Waals surface area contributed by atoms with Crippen molar-refractivity contribution in [3.8, 4) is 5.75 Å². The molecule has 5 heteroatoms. The van der Waals surface area contributed by atoms with E-state index in [9.17, 15) is 5.11 Å². The van der Waals surface area contributed by atoms with E-state index in [1.165, 1.54) is 5.57 Å². The van der Waals surface area contributed by atoms with Crippen LogP contribution >= 0.6 is 11.6 Å². The Morgan fingerprint density at radius 1 is 1.43 bits per heavy atom. The lowest BCUT2D eigenvalue weighted by molar-refractivity contribution is -0.00238. The van der Waals surface area contributed by atoms with Gasteiger partial charge >= 0.3 is 0 Å². The van der Waals surface area contributed by atoms with Gasteiger partial charge in [-0.2, -0.15) is 0 Å². The van der Waals surface area contributed by atoms with Gasteiger partial charge in [-0.1, -0.05) is 11.6 Å². The van der Waals surface area contributed by atoms with Gasteiger partial charge in [0, 0.05) is 36.8 Å². The second-order valence-corrected chi connectivity index (χ2v) is 5.97. The first-order valence-corrected chi connectivity index (χ1v) is 7.67. The quantitative estimate of drug-likeness (QED) is 0.926. The molecule has 0 radical (unpaired) electrons. The van der Waals surface area contributed by atoms with E-state index in [2.05, 4.69) is 11.0 Å². The Morgan fingerprint density at radius 2 is 2.29 bits per heavy atom. The molecular weight excluding hydrogens is 290 g/mol. The van der Waals surface area contributed by atoms with E-state index in [0.717, 1.165) is 24.4 Å². The highest BCUT2D eigenvalue weighted by atomic mass is 35.5. The number of halogens is 1. The Labute approximate surface area is 129 Å². The molecule has 1 N–H and O–H groups in total. The average molecular weight is 310 g/mol. The Hall–Kier alpha value is -1.07. The van der Waals surface area contributed by atoms with Crippen LogP contribution < -0.4 is 4.74 Å². The van der Waals surface area contributed by atoms with E-state index in [1.54, 1.807) is 0 Å². The fraction of sp³-hybridized carbons (Fsp3) is 0.500. The fourth-order valence-electron chi connectivity index (χ4n) is 2.91. The number of rotatable bonds is 4. The van der Waals surface area contributed by atoms with Gasteiger partial charge in [0.25, 0.3) is 0 Å². The van der Waals surface area contributed by atoms with E-state index in [-0.39, 0.29) is 6.10 Å². The summed E-state index contributed by atoms with van der Waals surface area (Å²) in [6.45, 7) is 5.35. The smallest absolute Gasteiger partial charge is 0.127 e. The molecule has 4 nitrogen and oxygen atoms in total. The standard InChI is InChI=1S/C16H20ClNO3/c1-2-20-16-9-18(8-14(16)19)7-11-5-12-6-13(17)3-4-15(12)21-10-11/h3-6,14,16,19H,2,7-10H2,1H3/t14-,16-/m0/s1. The van der Waals surface area contributed by atoms with Crippen LogP contribution in [0.5, 0.6) is 5.75 Å². The summed E-state index contributed by atoms with van der Waals surface area (Å²) in [6, 6.07) is 5.65. The largest absolute Gasteiger partial charge is 0.489 e. The number of aliphatic hydroxyl groups excluding tert-OH is 1. The van der Waals surface area contributed by atoms with Crippen LogP contribution in [0.2, 0.25) is 5.02 Å². The average Bonchev–Trinajstić information content (AvgIpc) is 2.79. The SMILES string of the molecule is CCO[C@H]1CN(CC2=Cc3cc(Cl)ccc3OC2)C[C@@H]1O. The lowest BCUT2D eigenvalue weighted by Crippen LogP contribution is -2.28. The maximum absolute atomic E-state index is 9.98. The van der Waals surface area contributed by atoms with Crippen LogP contribution in [0, 0.1) is 0 Å². The first-order chi connectivity index (χ1) is 10.2. The maximum atomic E-state index is 9.98. The molecule has 3 rings (SSSR count). The van der Waals surface area contributed by atoms with Crippen molar-refractivity contribution in [3.63, 3.8) is 0 Å². The number of likely N-dealkylation sites (tertiary alicyclic amines) is 1. The molecule has 1 saturated heterocycles. The number of fused-ring (bicyclic) bond motifs is 1. The van der Waals surface area contributed by atoms with E-state index in [1.807, 2.05) is 25.1 Å². The van der Waals surface area contributed by atoms with Crippen molar-refractivity contribution in [2.24, 2.45) is 0 Å². The summed E-state index contributed by atoms with van der Waals surface area (Å²) in [5, 5.41) is 10.7. The van der Waals surface area contributed by atoms with Crippen LogP contribution in [0.1, 0.15) is 12.5 Å². The summed E-state index contributed by atoms with van der Waals surface area (Å²) < 4.78 is 11.3. The molecule has 0 amide bonds. The summed E-state index contributed by atoms with van der Waals surface area (Å²) in [7, 11) is 0. The van der Waals surface area contributed by atoms with Crippen LogP contribution in [0.25, 0.3) is 6.08 Å². The van der Waals surface area contributed by atoms with Crippen molar-refractivity contribution in [2.45, 2.75) is 19.1 Å². The van der Waals surface area contributed by atoms with E-state index < -0.39 is 6.10 Å². The second-order valence-electron chi connectivity index (χ2n) is 5.53. The van der Waals surface area contributed by atoms with E-state index in [0.29, 0.717) is 24.8 Å². The van der Waals surface area contributed by atoms with Gasteiger partial charge in [-0.3, -0.25) is 4.90 Å². The van der Waals surface area contributed by atoms with Crippen molar-refractivity contribution < 1.29 is 14.6 Å². The Kier molecular flexibility index (Phi) is 4.50. The molecule has 2 atom stereocenters. The van der Waals surface area contributed by atoms with E-state index >= 15 is 0 Å². The summed E-state index contributed by atoms with van der Waals surface area (Å²) in [4.78, 5) is 2.20. The third-order valence-electron chi connectivity index (χ3n) is 3.86. The normalized spacial score (nSPS) is 25.4. The van der Waals surface area contributed by atoms with Crippen LogP contribution in [-0.2, 0) is 4.74 Å². The molecule has 1 fully saturated rings. The van der Waals surface area contributed by atoms with Gasteiger partial charge in [-0.25, -0.2) is 0 Å². The highest BCUT2D eigenvalue weighted by Crippen LogP contribution is 2.29. The van der Waals surface area contributed by atoms with Gasteiger partial charge in [0.15, 0.2) is 0 Å². The molecule has 114 valence electrons. The highest BCUT2D eigenvalue weighted by Gasteiger charge is 2.32. The predicted molar refractivity (Wildman–Crippen MR) is 82.8 cm³/mol. The zero-order valence-corrected chi connectivity index (χ0v) is 12.8. The molecule has 1 aromatic rings. The van der Waals surface area contributed by atoms with Crippen LogP contribution in [-0.4, -0.2) is 55.1 Å². The molecule has 2 aliphatic rings. The Morgan fingerprint density at radius 3 is 3.10 bits per heavy atom. The first-order valence-electron chi connectivity index (χ1n) is 7.29. The molecule has 21 heavy (non-hydrogen) atoms. The molecule has 0 saturated carbocycles. The molecule has 0 bridgehead atoms. The number of aliphatic hydroxyl groups is 1. The summed E-state index contributed by atoms with van der Waals surface area (Å²) in [5.74, 6) is 0.872. The third-order valence-corrected chi connectivity index (χ3v) is 4.10. The molecular formula is C16H20ClNO3. The highest BCUT2D eigenvalue weighted by molar-refractivity contribution is 6.30. The van der Waals surface area contributed by atoms with Gasteiger partial charge in [-0.15, -0.1) is 0 Å². The third kappa shape index (κ3) is 3.40. The summed E-state index contributed by atoms with van der Waals surface area (Å²) in [5.41, 5.74) is 2.21. The number of hydrogen-bond donors (Lipinski definition) is 1. The Balaban J connectivity index is 1.66. The minimum Gasteiger partial charge on any atom is -0.489 e. The maximum Gasteiger partial charge on any atom is 0.127 e. The number of ether oxygens (including phenoxy) is 2. The lowest BCUT2D eigenvalue weighted by Gasteiger charge is -2.22. The van der Waals surface area contributed by atoms with Crippen molar-refractivity contribution in [1.82, 2.24) is 4.90 Å². The molecule has 0 unspecified atom stereocenters. The molecule has 2 aliphatic heterocycles. The van der Waals surface area contributed by atoms with Crippen LogP contribution in [0.4, 0.5) is 0 Å². The van der Waals surface area contributed by atoms with E-state index in [4.69, 9.17) is 21.1 Å². The van der Waals surface area contributed by atoms with Gasteiger partial charge in [0.1, 0.15) is 12.4 Å². The summed E-state index contributed by atoms with van der Waals surface area (Å²) >= 11 is 6.02. The fourth-order valence-corrected chi connectivity index (χ4v) is 3.09. The Bertz CT molecular complexity index is 546. The van der Waals surface area contributed by atoms with Crippen molar-refractivity contribution in [1.29, 1.82) is 0 Å². The van der Waals surface area contributed by atoms with Gasteiger partial charge in [-0.05, 0) is 36.8 Å². The first kappa shape index (κ1) is 14.9. The van der Waals surface area contributed by atoms with Crippen LogP contribution in [0.15, 0.2) is 23.8 Å². The predicted octanol–water partition coefficient (Wildman–Crippen LogP) is 2.20. The topological polar surface area (TPSA) is 41.9 Å². The minimum atomic E-state index is -0.406. The number of β-amino-alcohol motifs (C(OH)–C–C–N with tert-alkyl or cyclic N) is 1. The van der Waals surface area contributed by atoms with Gasteiger partial charge in [0.05, 0.1) is 12.2 Å². The van der Waals surface area contributed by atoms with Crippen molar-refractivity contribution in [3.05, 3.63) is 34.4 Å².